The Bertz CT molecular complexity index is 422. The molecule has 0 saturated heterocycles. The highest BCUT2D eigenvalue weighted by Crippen LogP contribution is 2.04. The van der Waals surface area contributed by atoms with Crippen molar-refractivity contribution in [3.63, 3.8) is 0 Å². The maximum atomic E-state index is 11.4. The van der Waals surface area contributed by atoms with Gasteiger partial charge in [0, 0.05) is 25.4 Å². The van der Waals surface area contributed by atoms with Crippen LogP contribution in [0.25, 0.3) is 0 Å². The van der Waals surface area contributed by atoms with Gasteiger partial charge in [-0.15, -0.1) is 0 Å². The number of ether oxygens (including phenoxy) is 1. The summed E-state index contributed by atoms with van der Waals surface area (Å²) in [6.07, 6.45) is 0. The predicted molar refractivity (Wildman–Crippen MR) is 54.3 cm³/mol. The van der Waals surface area contributed by atoms with E-state index in [0.29, 0.717) is 18.8 Å². The molecule has 0 aliphatic carbocycles. The van der Waals surface area contributed by atoms with E-state index in [1.807, 2.05) is 0 Å². The van der Waals surface area contributed by atoms with Crippen molar-refractivity contribution in [1.29, 1.82) is 0 Å². The van der Waals surface area contributed by atoms with E-state index in [-0.39, 0.29) is 11.1 Å². The number of nitrogens with zero attached hydrogens (tertiary/aromatic N) is 1. The second kappa shape index (κ2) is 4.75. The molecule has 5 heteroatoms. The zero-order valence-corrected chi connectivity index (χ0v) is 8.69. The molecule has 1 heterocycles. The summed E-state index contributed by atoms with van der Waals surface area (Å²) in [5.74, 6) is -1.03. The van der Waals surface area contributed by atoms with Crippen molar-refractivity contribution >= 4 is 5.97 Å². The van der Waals surface area contributed by atoms with Crippen LogP contribution in [-0.2, 0) is 11.3 Å². The zero-order valence-electron chi connectivity index (χ0n) is 8.69. The van der Waals surface area contributed by atoms with Gasteiger partial charge in [0.2, 0.25) is 0 Å². The smallest absolute Gasteiger partial charge is 0.337 e. The Morgan fingerprint density at radius 1 is 1.53 bits per heavy atom. The number of carboxylic acids is 1. The summed E-state index contributed by atoms with van der Waals surface area (Å²) in [7, 11) is 1.53. The van der Waals surface area contributed by atoms with Crippen LogP contribution in [0.2, 0.25) is 0 Å². The van der Waals surface area contributed by atoms with E-state index in [0.717, 1.165) is 0 Å². The van der Waals surface area contributed by atoms with Gasteiger partial charge >= 0.3 is 5.97 Å². The number of methoxy groups -OCH3 is 1. The molecule has 0 amide bonds. The molecule has 0 atom stereocenters. The predicted octanol–water partition coefficient (Wildman–Crippen LogP) is 0.501. The summed E-state index contributed by atoms with van der Waals surface area (Å²) in [6.45, 7) is 2.35. The van der Waals surface area contributed by atoms with E-state index in [1.54, 1.807) is 6.92 Å². The van der Waals surface area contributed by atoms with E-state index >= 15 is 0 Å². The minimum Gasteiger partial charge on any atom is -0.478 e. The van der Waals surface area contributed by atoms with Crippen molar-refractivity contribution < 1.29 is 14.6 Å². The first-order valence-corrected chi connectivity index (χ1v) is 4.50. The molecule has 0 fully saturated rings. The van der Waals surface area contributed by atoms with E-state index in [4.69, 9.17) is 9.84 Å². The fraction of sp³-hybridized carbons (Fsp3) is 0.400. The van der Waals surface area contributed by atoms with Gasteiger partial charge in [-0.25, -0.2) is 4.79 Å². The molecule has 82 valence electrons. The number of carboxylic acid groups (broad SMARTS) is 1. The van der Waals surface area contributed by atoms with Crippen molar-refractivity contribution in [2.75, 3.05) is 13.7 Å². The van der Waals surface area contributed by atoms with Crippen LogP contribution in [0.5, 0.6) is 0 Å². The van der Waals surface area contributed by atoms with Crippen LogP contribution in [0.15, 0.2) is 16.9 Å². The highest BCUT2D eigenvalue weighted by Gasteiger charge is 2.10. The molecule has 1 aromatic rings. The molecule has 0 aliphatic heterocycles. The molecule has 1 rings (SSSR count). The van der Waals surface area contributed by atoms with E-state index in [1.165, 1.54) is 23.8 Å². The van der Waals surface area contributed by atoms with Crippen LogP contribution in [0.3, 0.4) is 0 Å². The largest absolute Gasteiger partial charge is 0.478 e. The van der Waals surface area contributed by atoms with E-state index < -0.39 is 5.97 Å². The van der Waals surface area contributed by atoms with E-state index in [9.17, 15) is 9.59 Å². The first-order chi connectivity index (χ1) is 7.07. The third-order valence-electron chi connectivity index (χ3n) is 2.20. The van der Waals surface area contributed by atoms with Crippen LogP contribution in [0, 0.1) is 6.92 Å². The number of aromatic carboxylic acids is 1. The van der Waals surface area contributed by atoms with Gasteiger partial charge in [0.15, 0.2) is 0 Å². The molecule has 0 aliphatic rings. The molecule has 15 heavy (non-hydrogen) atoms. The third kappa shape index (κ3) is 2.44. The van der Waals surface area contributed by atoms with Gasteiger partial charge in [-0.05, 0) is 13.0 Å². The maximum Gasteiger partial charge on any atom is 0.337 e. The fourth-order valence-corrected chi connectivity index (χ4v) is 1.36. The SMILES string of the molecule is COCCn1c(C)c(C(=O)O)ccc1=O. The average Bonchev–Trinajstić information content (AvgIpc) is 2.17. The first-order valence-electron chi connectivity index (χ1n) is 4.50. The normalized spacial score (nSPS) is 10.3. The second-order valence-corrected chi connectivity index (χ2v) is 3.12. The van der Waals surface area contributed by atoms with Gasteiger partial charge in [0.1, 0.15) is 0 Å². The minimum atomic E-state index is -1.03. The molecule has 0 spiro atoms. The van der Waals surface area contributed by atoms with Gasteiger partial charge in [0.25, 0.3) is 5.56 Å². The Morgan fingerprint density at radius 2 is 2.20 bits per heavy atom. The quantitative estimate of drug-likeness (QED) is 0.787. The number of hydrogen-bond acceptors (Lipinski definition) is 3. The molecule has 0 aromatic carbocycles. The number of aromatic nitrogens is 1. The number of hydrogen-bond donors (Lipinski definition) is 1. The molecule has 0 radical (unpaired) electrons. The molecule has 0 bridgehead atoms. The first kappa shape index (κ1) is 11.5. The highest BCUT2D eigenvalue weighted by atomic mass is 16.5. The van der Waals surface area contributed by atoms with Crippen molar-refractivity contribution in [2.24, 2.45) is 0 Å². The lowest BCUT2D eigenvalue weighted by molar-refractivity contribution is 0.0694. The Morgan fingerprint density at radius 3 is 2.73 bits per heavy atom. The third-order valence-corrected chi connectivity index (χ3v) is 2.20. The molecule has 1 aromatic heterocycles. The molecule has 0 unspecified atom stereocenters. The second-order valence-electron chi connectivity index (χ2n) is 3.12. The van der Waals surface area contributed by atoms with Gasteiger partial charge in [-0.3, -0.25) is 4.79 Å². The summed E-state index contributed by atoms with van der Waals surface area (Å²) in [5.41, 5.74) is 0.382. The average molecular weight is 211 g/mol. The van der Waals surface area contributed by atoms with Crippen LogP contribution < -0.4 is 5.56 Å². The topological polar surface area (TPSA) is 68.5 Å². The fourth-order valence-electron chi connectivity index (χ4n) is 1.36. The van der Waals surface area contributed by atoms with Crippen molar-refractivity contribution in [1.82, 2.24) is 4.57 Å². The Balaban J connectivity index is 3.18. The Labute approximate surface area is 86.9 Å². The minimum absolute atomic E-state index is 0.144. The highest BCUT2D eigenvalue weighted by molar-refractivity contribution is 5.88. The van der Waals surface area contributed by atoms with Gasteiger partial charge in [0.05, 0.1) is 12.2 Å². The lowest BCUT2D eigenvalue weighted by Gasteiger charge is -2.10. The number of carbonyl (C=O) groups is 1. The summed E-state index contributed by atoms with van der Waals surface area (Å²) >= 11 is 0. The number of rotatable bonds is 4. The Kier molecular flexibility index (Phi) is 3.62. The van der Waals surface area contributed by atoms with E-state index in [2.05, 4.69) is 0 Å². The van der Waals surface area contributed by atoms with Crippen molar-refractivity contribution in [2.45, 2.75) is 13.5 Å². The van der Waals surface area contributed by atoms with Crippen LogP contribution >= 0.6 is 0 Å². The van der Waals surface area contributed by atoms with Gasteiger partial charge < -0.3 is 14.4 Å². The van der Waals surface area contributed by atoms with Crippen molar-refractivity contribution in [3.05, 3.63) is 33.7 Å². The standard InChI is InChI=1S/C10H13NO4/c1-7-8(10(13)14)3-4-9(12)11(7)5-6-15-2/h3-4H,5-6H2,1-2H3,(H,13,14). The zero-order chi connectivity index (χ0) is 11.4. The van der Waals surface area contributed by atoms with Gasteiger partial charge in [-0.1, -0.05) is 0 Å². The van der Waals surface area contributed by atoms with Gasteiger partial charge in [-0.2, -0.15) is 0 Å². The van der Waals surface area contributed by atoms with Crippen LogP contribution in [-0.4, -0.2) is 29.4 Å². The lowest BCUT2D eigenvalue weighted by atomic mass is 10.2. The number of pyridine rings is 1. The monoisotopic (exact) mass is 211 g/mol. The molecular formula is C10H13NO4. The van der Waals surface area contributed by atoms with Crippen LogP contribution in [0.4, 0.5) is 0 Å². The van der Waals surface area contributed by atoms with Crippen molar-refractivity contribution in [3.8, 4) is 0 Å². The lowest BCUT2D eigenvalue weighted by Crippen LogP contribution is -2.25. The van der Waals surface area contributed by atoms with Crippen LogP contribution in [0.1, 0.15) is 16.1 Å². The maximum absolute atomic E-state index is 11.4. The summed E-state index contributed by atoms with van der Waals surface area (Å²) in [5, 5.41) is 8.86. The molecule has 1 N–H and O–H groups in total. The Hall–Kier alpha value is -1.62. The molecular weight excluding hydrogens is 198 g/mol. The summed E-state index contributed by atoms with van der Waals surface area (Å²) < 4.78 is 6.24. The summed E-state index contributed by atoms with van der Waals surface area (Å²) in [4.78, 5) is 22.2. The summed E-state index contributed by atoms with van der Waals surface area (Å²) in [6, 6.07) is 2.58. The molecule has 0 saturated carbocycles. The molecule has 5 nitrogen and oxygen atoms in total.